The lowest BCUT2D eigenvalue weighted by Crippen LogP contribution is -2.19. The van der Waals surface area contributed by atoms with Gasteiger partial charge in [-0.1, -0.05) is 6.07 Å². The third-order valence-electron chi connectivity index (χ3n) is 4.24. The van der Waals surface area contributed by atoms with Crippen LogP contribution in [-0.4, -0.2) is 27.8 Å². The number of fused-ring (bicyclic) bond motifs is 1. The molecule has 3 heterocycles. The number of methoxy groups -OCH3 is 1. The molecule has 0 aliphatic rings. The molecule has 0 aliphatic carbocycles. The van der Waals surface area contributed by atoms with Crippen molar-refractivity contribution in [1.82, 2.24) is 14.8 Å². The summed E-state index contributed by atoms with van der Waals surface area (Å²) in [7, 11) is 1.59. The van der Waals surface area contributed by atoms with Gasteiger partial charge in [-0.3, -0.25) is 4.79 Å². The molecule has 1 amide bonds. The van der Waals surface area contributed by atoms with Crippen LogP contribution in [0.15, 0.2) is 59.3 Å². The summed E-state index contributed by atoms with van der Waals surface area (Å²) in [6.07, 6.45) is 3.32. The van der Waals surface area contributed by atoms with E-state index >= 15 is 0 Å². The maximum atomic E-state index is 12.5. The normalized spacial score (nSPS) is 10.9. The van der Waals surface area contributed by atoms with Gasteiger partial charge in [-0.2, -0.15) is 5.10 Å². The molecule has 1 aromatic carbocycles. The Bertz CT molecular complexity index is 1100. The number of nitrogens with zero attached hydrogens (tertiary/aromatic N) is 3. The number of pyridine rings is 1. The van der Waals surface area contributed by atoms with Gasteiger partial charge in [0, 0.05) is 23.5 Å². The fourth-order valence-electron chi connectivity index (χ4n) is 3.07. The maximum Gasteiger partial charge on any atom is 0.246 e. The first-order valence-electron chi connectivity index (χ1n) is 8.45. The van der Waals surface area contributed by atoms with Crippen molar-refractivity contribution in [3.05, 3.63) is 60.6 Å². The number of amides is 1. The lowest BCUT2D eigenvalue weighted by atomic mass is 10.1. The van der Waals surface area contributed by atoms with E-state index in [0.29, 0.717) is 17.1 Å². The summed E-state index contributed by atoms with van der Waals surface area (Å²) in [5.41, 5.74) is 3.00. The van der Waals surface area contributed by atoms with E-state index in [2.05, 4.69) is 15.4 Å². The molecule has 3 aromatic heterocycles. The summed E-state index contributed by atoms with van der Waals surface area (Å²) in [6.45, 7) is 1.95. The molecule has 0 radical (unpaired) electrons. The van der Waals surface area contributed by atoms with E-state index in [0.717, 1.165) is 22.4 Å². The fourth-order valence-corrected chi connectivity index (χ4v) is 3.07. The van der Waals surface area contributed by atoms with Crippen molar-refractivity contribution in [2.75, 3.05) is 12.4 Å². The third-order valence-corrected chi connectivity index (χ3v) is 4.24. The van der Waals surface area contributed by atoms with Crippen LogP contribution in [0.2, 0.25) is 0 Å². The van der Waals surface area contributed by atoms with Gasteiger partial charge in [-0.05, 0) is 37.3 Å². The van der Waals surface area contributed by atoms with Gasteiger partial charge < -0.3 is 14.5 Å². The van der Waals surface area contributed by atoms with Crippen LogP contribution in [0.25, 0.3) is 22.4 Å². The smallest absolute Gasteiger partial charge is 0.246 e. The lowest BCUT2D eigenvalue weighted by Gasteiger charge is -2.07. The number of carbonyl (C=O) groups is 1. The molecule has 0 saturated carbocycles. The number of benzene rings is 1. The second-order valence-electron chi connectivity index (χ2n) is 6.06. The highest BCUT2D eigenvalue weighted by atomic mass is 16.5. The maximum absolute atomic E-state index is 12.5. The van der Waals surface area contributed by atoms with Gasteiger partial charge in [-0.15, -0.1) is 0 Å². The Hall–Kier alpha value is -3.61. The summed E-state index contributed by atoms with van der Waals surface area (Å²) >= 11 is 0. The highest BCUT2D eigenvalue weighted by Crippen LogP contribution is 2.30. The Balaban J connectivity index is 1.62. The molecular weight excluding hydrogens is 344 g/mol. The van der Waals surface area contributed by atoms with Gasteiger partial charge in [0.15, 0.2) is 5.65 Å². The second-order valence-corrected chi connectivity index (χ2v) is 6.06. The molecule has 0 atom stereocenters. The van der Waals surface area contributed by atoms with Crippen molar-refractivity contribution >= 4 is 22.6 Å². The van der Waals surface area contributed by atoms with Crippen molar-refractivity contribution in [1.29, 1.82) is 0 Å². The molecule has 4 rings (SSSR count). The fraction of sp³-hybridized carbons (Fsp3) is 0.150. The molecule has 27 heavy (non-hydrogen) atoms. The number of aromatic nitrogens is 3. The topological polar surface area (TPSA) is 82.2 Å². The second kappa shape index (κ2) is 6.95. The van der Waals surface area contributed by atoms with Crippen molar-refractivity contribution in [2.45, 2.75) is 13.5 Å². The number of ether oxygens (including phenoxy) is 1. The molecule has 0 fully saturated rings. The number of rotatable bonds is 5. The summed E-state index contributed by atoms with van der Waals surface area (Å²) in [5.74, 6) is 1.22. The average Bonchev–Trinajstić information content (AvgIpc) is 3.31. The van der Waals surface area contributed by atoms with Crippen molar-refractivity contribution in [3.63, 3.8) is 0 Å². The molecule has 0 bridgehead atoms. The lowest BCUT2D eigenvalue weighted by molar-refractivity contribution is -0.116. The summed E-state index contributed by atoms with van der Waals surface area (Å²) < 4.78 is 12.3. The van der Waals surface area contributed by atoms with Crippen LogP contribution in [-0.2, 0) is 11.3 Å². The summed E-state index contributed by atoms with van der Waals surface area (Å²) in [4.78, 5) is 16.9. The van der Waals surface area contributed by atoms with Gasteiger partial charge in [0.1, 0.15) is 18.1 Å². The minimum absolute atomic E-state index is 0.0517. The molecule has 0 aliphatic heterocycles. The van der Waals surface area contributed by atoms with Crippen LogP contribution in [0.3, 0.4) is 0 Å². The van der Waals surface area contributed by atoms with Gasteiger partial charge in [0.05, 0.1) is 24.5 Å². The summed E-state index contributed by atoms with van der Waals surface area (Å²) in [5, 5.41) is 8.23. The van der Waals surface area contributed by atoms with Crippen molar-refractivity contribution < 1.29 is 13.9 Å². The molecule has 136 valence electrons. The minimum atomic E-state index is -0.196. The first kappa shape index (κ1) is 16.8. The molecule has 0 saturated heterocycles. The van der Waals surface area contributed by atoms with Crippen LogP contribution in [0.4, 0.5) is 5.69 Å². The van der Waals surface area contributed by atoms with E-state index in [1.807, 2.05) is 37.3 Å². The zero-order valence-corrected chi connectivity index (χ0v) is 15.0. The van der Waals surface area contributed by atoms with Gasteiger partial charge in [-0.25, -0.2) is 9.67 Å². The van der Waals surface area contributed by atoms with Gasteiger partial charge in [0.25, 0.3) is 0 Å². The number of nitrogens with one attached hydrogen (secondary N) is 1. The average molecular weight is 362 g/mol. The van der Waals surface area contributed by atoms with E-state index in [4.69, 9.17) is 9.15 Å². The zero-order chi connectivity index (χ0) is 18.8. The Morgan fingerprint density at radius 1 is 1.26 bits per heavy atom. The van der Waals surface area contributed by atoms with Crippen LogP contribution in [0, 0.1) is 6.92 Å². The first-order valence-corrected chi connectivity index (χ1v) is 8.45. The Morgan fingerprint density at radius 3 is 2.93 bits per heavy atom. The predicted molar refractivity (Wildman–Crippen MR) is 102 cm³/mol. The Kier molecular flexibility index (Phi) is 4.33. The largest absolute Gasteiger partial charge is 0.497 e. The number of furan rings is 1. The van der Waals surface area contributed by atoms with Gasteiger partial charge in [0.2, 0.25) is 5.91 Å². The minimum Gasteiger partial charge on any atom is -0.497 e. The van der Waals surface area contributed by atoms with Crippen LogP contribution in [0.1, 0.15) is 5.69 Å². The Labute approximate surface area is 155 Å². The highest BCUT2D eigenvalue weighted by molar-refractivity contribution is 5.95. The molecule has 1 N–H and O–H groups in total. The summed E-state index contributed by atoms with van der Waals surface area (Å²) in [6, 6.07) is 12.8. The van der Waals surface area contributed by atoms with Crippen LogP contribution in [0.5, 0.6) is 5.75 Å². The third kappa shape index (κ3) is 3.27. The SMILES string of the molecule is COc1cccc(NC(=O)Cn2nc(C)c3c(-c4ccco4)ccnc32)c1. The molecule has 4 aromatic rings. The van der Waals surface area contributed by atoms with E-state index in [1.165, 1.54) is 0 Å². The molecule has 0 unspecified atom stereocenters. The first-order chi connectivity index (χ1) is 13.2. The number of hydrogen-bond acceptors (Lipinski definition) is 5. The van der Waals surface area contributed by atoms with Crippen molar-refractivity contribution in [3.8, 4) is 17.1 Å². The van der Waals surface area contributed by atoms with E-state index in [-0.39, 0.29) is 12.5 Å². The molecule has 7 heteroatoms. The number of carbonyl (C=O) groups excluding carboxylic acids is 1. The van der Waals surface area contributed by atoms with E-state index < -0.39 is 0 Å². The standard InChI is InChI=1S/C20H18N4O3/c1-13-19-16(17-7-4-10-27-17)8-9-21-20(19)24(23-13)12-18(25)22-14-5-3-6-15(11-14)26-2/h3-11H,12H2,1-2H3,(H,22,25). The quantitative estimate of drug-likeness (QED) is 0.586. The monoisotopic (exact) mass is 362 g/mol. The predicted octanol–water partition coefficient (Wildman–Crippen LogP) is 3.65. The molecule has 7 nitrogen and oxygen atoms in total. The Morgan fingerprint density at radius 2 is 2.15 bits per heavy atom. The van der Waals surface area contributed by atoms with Gasteiger partial charge >= 0.3 is 0 Å². The molecular formula is C20H18N4O3. The number of anilines is 1. The highest BCUT2D eigenvalue weighted by Gasteiger charge is 2.17. The number of hydrogen-bond donors (Lipinski definition) is 1. The van der Waals surface area contributed by atoms with Crippen LogP contribution < -0.4 is 10.1 Å². The van der Waals surface area contributed by atoms with Crippen molar-refractivity contribution in [2.24, 2.45) is 0 Å². The van der Waals surface area contributed by atoms with Crippen LogP contribution >= 0.6 is 0 Å². The zero-order valence-electron chi connectivity index (χ0n) is 15.0. The molecule has 0 spiro atoms. The van der Waals surface area contributed by atoms with E-state index in [1.54, 1.807) is 36.4 Å². The number of aryl methyl sites for hydroxylation is 1. The van der Waals surface area contributed by atoms with E-state index in [9.17, 15) is 4.79 Å².